The van der Waals surface area contributed by atoms with Gasteiger partial charge in [-0.1, -0.05) is 0 Å². The lowest BCUT2D eigenvalue weighted by Gasteiger charge is -2.35. The standard InChI is InChI=1S/C14H16N4S/c1-9-12(8-15)14(17(3)16-9)18-6-4-13-11(10(18)2)5-7-19-13/h5,7,10H,4,6H2,1-3H3. The van der Waals surface area contributed by atoms with Gasteiger partial charge in [0.05, 0.1) is 11.7 Å². The lowest BCUT2D eigenvalue weighted by molar-refractivity contribution is 0.599. The summed E-state index contributed by atoms with van der Waals surface area (Å²) in [6.07, 6.45) is 1.05. The summed E-state index contributed by atoms with van der Waals surface area (Å²) in [7, 11) is 1.92. The number of thiophene rings is 1. The third-order valence-electron chi connectivity index (χ3n) is 3.85. The van der Waals surface area contributed by atoms with Crippen molar-refractivity contribution in [2.75, 3.05) is 11.4 Å². The van der Waals surface area contributed by atoms with Crippen molar-refractivity contribution in [3.05, 3.63) is 33.1 Å². The SMILES string of the molecule is Cc1nn(C)c(N2CCc3sccc3C2C)c1C#N. The molecule has 0 aromatic carbocycles. The zero-order valence-corrected chi connectivity index (χ0v) is 12.2. The number of anilines is 1. The molecule has 0 amide bonds. The van der Waals surface area contributed by atoms with Crippen LogP contribution in [0.2, 0.25) is 0 Å². The smallest absolute Gasteiger partial charge is 0.145 e. The van der Waals surface area contributed by atoms with E-state index in [-0.39, 0.29) is 0 Å². The van der Waals surface area contributed by atoms with Crippen LogP contribution in [0.4, 0.5) is 5.82 Å². The Hall–Kier alpha value is -1.80. The van der Waals surface area contributed by atoms with Gasteiger partial charge >= 0.3 is 0 Å². The Bertz CT molecular complexity index is 662. The van der Waals surface area contributed by atoms with E-state index in [9.17, 15) is 5.26 Å². The Labute approximate surface area is 116 Å². The third kappa shape index (κ3) is 1.75. The van der Waals surface area contributed by atoms with Crippen LogP contribution in [0, 0.1) is 18.3 Å². The van der Waals surface area contributed by atoms with E-state index in [0.717, 1.165) is 24.5 Å². The number of hydrogen-bond donors (Lipinski definition) is 0. The van der Waals surface area contributed by atoms with Gasteiger partial charge in [0.1, 0.15) is 17.5 Å². The summed E-state index contributed by atoms with van der Waals surface area (Å²) in [5.74, 6) is 0.948. The fourth-order valence-electron chi connectivity index (χ4n) is 2.91. The largest absolute Gasteiger partial charge is 0.349 e. The van der Waals surface area contributed by atoms with E-state index < -0.39 is 0 Å². The minimum Gasteiger partial charge on any atom is -0.349 e. The minimum atomic E-state index is 0.303. The van der Waals surface area contributed by atoms with Crippen molar-refractivity contribution < 1.29 is 0 Å². The van der Waals surface area contributed by atoms with E-state index in [0.29, 0.717) is 11.6 Å². The summed E-state index contributed by atoms with van der Waals surface area (Å²) in [5.41, 5.74) is 2.90. The molecule has 3 heterocycles. The third-order valence-corrected chi connectivity index (χ3v) is 4.85. The minimum absolute atomic E-state index is 0.303. The van der Waals surface area contributed by atoms with Crippen LogP contribution >= 0.6 is 11.3 Å². The van der Waals surface area contributed by atoms with Crippen LogP contribution in [-0.2, 0) is 13.5 Å². The number of fused-ring (bicyclic) bond motifs is 1. The van der Waals surface area contributed by atoms with Crippen LogP contribution < -0.4 is 4.90 Å². The Kier molecular flexibility index (Phi) is 2.83. The van der Waals surface area contributed by atoms with Crippen molar-refractivity contribution in [2.24, 2.45) is 7.05 Å². The molecular weight excluding hydrogens is 256 g/mol. The van der Waals surface area contributed by atoms with E-state index in [1.165, 1.54) is 10.4 Å². The summed E-state index contributed by atoms with van der Waals surface area (Å²) in [6, 6.07) is 4.80. The van der Waals surface area contributed by atoms with Gasteiger partial charge in [-0.2, -0.15) is 10.4 Å². The molecule has 5 heteroatoms. The maximum atomic E-state index is 9.36. The van der Waals surface area contributed by atoms with Gasteiger partial charge in [-0.15, -0.1) is 11.3 Å². The van der Waals surface area contributed by atoms with Crippen molar-refractivity contribution in [1.82, 2.24) is 9.78 Å². The van der Waals surface area contributed by atoms with Gasteiger partial charge < -0.3 is 4.90 Å². The van der Waals surface area contributed by atoms with Crippen molar-refractivity contribution in [3.63, 3.8) is 0 Å². The topological polar surface area (TPSA) is 44.9 Å². The number of hydrogen-bond acceptors (Lipinski definition) is 4. The molecule has 2 aromatic rings. The van der Waals surface area contributed by atoms with Crippen molar-refractivity contribution >= 4 is 17.2 Å². The van der Waals surface area contributed by atoms with Gasteiger partial charge in [-0.05, 0) is 37.3 Å². The van der Waals surface area contributed by atoms with Gasteiger partial charge in [0.25, 0.3) is 0 Å². The van der Waals surface area contributed by atoms with Gasteiger partial charge in [0.15, 0.2) is 0 Å². The second kappa shape index (κ2) is 4.39. The predicted octanol–water partition coefficient (Wildman–Crippen LogP) is 2.79. The van der Waals surface area contributed by atoms with E-state index in [1.807, 2.05) is 30.0 Å². The molecule has 0 bridgehead atoms. The summed E-state index contributed by atoms with van der Waals surface area (Å²) < 4.78 is 1.84. The Morgan fingerprint density at radius 2 is 2.32 bits per heavy atom. The molecule has 4 nitrogen and oxygen atoms in total. The van der Waals surface area contributed by atoms with Crippen LogP contribution in [0.1, 0.15) is 34.7 Å². The molecule has 0 N–H and O–H groups in total. The number of aryl methyl sites for hydroxylation is 2. The molecule has 1 aliphatic rings. The number of rotatable bonds is 1. The highest BCUT2D eigenvalue weighted by Crippen LogP contribution is 2.37. The van der Waals surface area contributed by atoms with Gasteiger partial charge in [0.2, 0.25) is 0 Å². The maximum Gasteiger partial charge on any atom is 0.145 e. The summed E-state index contributed by atoms with van der Waals surface area (Å²) in [6.45, 7) is 5.04. The highest BCUT2D eigenvalue weighted by Gasteiger charge is 2.29. The molecule has 0 spiro atoms. The monoisotopic (exact) mass is 272 g/mol. The molecule has 0 fully saturated rings. The lowest BCUT2D eigenvalue weighted by atomic mass is 10.0. The Morgan fingerprint density at radius 1 is 1.53 bits per heavy atom. The van der Waals surface area contributed by atoms with Gasteiger partial charge in [-0.3, -0.25) is 4.68 Å². The van der Waals surface area contributed by atoms with E-state index >= 15 is 0 Å². The fraction of sp³-hybridized carbons (Fsp3) is 0.429. The molecule has 0 saturated carbocycles. The predicted molar refractivity (Wildman–Crippen MR) is 76.4 cm³/mol. The van der Waals surface area contributed by atoms with E-state index in [2.05, 4.69) is 34.4 Å². The summed E-state index contributed by atoms with van der Waals surface area (Å²) in [5, 5.41) is 15.9. The molecule has 2 aromatic heterocycles. The molecule has 1 aliphatic heterocycles. The number of nitrogens with zero attached hydrogens (tertiary/aromatic N) is 4. The van der Waals surface area contributed by atoms with Crippen molar-refractivity contribution in [2.45, 2.75) is 26.3 Å². The molecule has 1 atom stereocenters. The first-order chi connectivity index (χ1) is 9.13. The first-order valence-corrected chi connectivity index (χ1v) is 7.28. The van der Waals surface area contributed by atoms with Gasteiger partial charge in [0, 0.05) is 18.5 Å². The van der Waals surface area contributed by atoms with E-state index in [4.69, 9.17) is 0 Å². The van der Waals surface area contributed by atoms with Crippen LogP contribution in [0.5, 0.6) is 0 Å². The average molecular weight is 272 g/mol. The molecule has 0 saturated heterocycles. The highest BCUT2D eigenvalue weighted by molar-refractivity contribution is 7.10. The Morgan fingerprint density at radius 3 is 3.05 bits per heavy atom. The first kappa shape index (κ1) is 12.2. The lowest BCUT2D eigenvalue weighted by Crippen LogP contribution is -2.35. The molecule has 1 unspecified atom stereocenters. The normalized spacial score (nSPS) is 18.2. The maximum absolute atomic E-state index is 9.36. The van der Waals surface area contributed by atoms with Crippen LogP contribution in [-0.4, -0.2) is 16.3 Å². The van der Waals surface area contributed by atoms with Gasteiger partial charge in [-0.25, -0.2) is 0 Å². The molecular formula is C14H16N4S. The van der Waals surface area contributed by atoms with Crippen LogP contribution in [0.25, 0.3) is 0 Å². The molecule has 0 aliphatic carbocycles. The van der Waals surface area contributed by atoms with Crippen LogP contribution in [0.15, 0.2) is 11.4 Å². The first-order valence-electron chi connectivity index (χ1n) is 6.40. The quantitative estimate of drug-likeness (QED) is 0.802. The van der Waals surface area contributed by atoms with Crippen molar-refractivity contribution in [3.8, 4) is 6.07 Å². The summed E-state index contributed by atoms with van der Waals surface area (Å²) in [4.78, 5) is 3.77. The fourth-order valence-corrected chi connectivity index (χ4v) is 3.87. The van der Waals surface area contributed by atoms with Crippen LogP contribution in [0.3, 0.4) is 0 Å². The number of aromatic nitrogens is 2. The highest BCUT2D eigenvalue weighted by atomic mass is 32.1. The zero-order chi connectivity index (χ0) is 13.6. The molecule has 0 radical (unpaired) electrons. The van der Waals surface area contributed by atoms with Crippen molar-refractivity contribution in [1.29, 1.82) is 5.26 Å². The molecule has 19 heavy (non-hydrogen) atoms. The second-order valence-corrected chi connectivity index (χ2v) is 5.94. The average Bonchev–Trinajstić information content (AvgIpc) is 2.95. The molecule has 3 rings (SSSR count). The van der Waals surface area contributed by atoms with E-state index in [1.54, 1.807) is 0 Å². The number of nitriles is 1. The Balaban J connectivity index is 2.08. The zero-order valence-electron chi connectivity index (χ0n) is 11.3. The second-order valence-electron chi connectivity index (χ2n) is 4.94. The molecule has 98 valence electrons. The summed E-state index contributed by atoms with van der Waals surface area (Å²) >= 11 is 1.83.